The number of benzene rings is 1. The fourth-order valence-electron chi connectivity index (χ4n) is 0.769. The van der Waals surface area contributed by atoms with Crippen molar-refractivity contribution < 1.29 is 10.1 Å². The van der Waals surface area contributed by atoms with Crippen molar-refractivity contribution in [3.05, 3.63) is 29.8 Å². The lowest BCUT2D eigenvalue weighted by Crippen LogP contribution is -2.76. The number of phenolic OH excluding ortho intramolecular Hbond substituents is 1. The molecule has 0 unspecified atom stereocenters. The van der Waals surface area contributed by atoms with Gasteiger partial charge < -0.3 is 5.11 Å². The summed E-state index contributed by atoms with van der Waals surface area (Å²) in [5.74, 6) is 0.216. The molecule has 3 nitrogen and oxygen atoms in total. The molecule has 0 aliphatic heterocycles. The lowest BCUT2D eigenvalue weighted by molar-refractivity contribution is -0.305. The molecule has 0 saturated heterocycles. The van der Waals surface area contributed by atoms with E-state index in [1.807, 2.05) is 6.07 Å². The van der Waals surface area contributed by atoms with E-state index >= 15 is 0 Å². The third-order valence-corrected chi connectivity index (χ3v) is 1.37. The monoisotopic (exact) mass is 181 g/mol. The quantitative estimate of drug-likeness (QED) is 0.390. The van der Waals surface area contributed by atoms with Crippen LogP contribution >= 0.6 is 12.2 Å². The molecule has 0 saturated carbocycles. The molecule has 62 valence electrons. The normalized spacial score (nSPS) is 10.3. The number of hydrogen-bond acceptors (Lipinski definition) is 2. The van der Waals surface area contributed by atoms with E-state index in [0.717, 1.165) is 5.56 Å². The highest BCUT2D eigenvalue weighted by Gasteiger charge is 1.91. The molecule has 1 aromatic carbocycles. The molecule has 0 fully saturated rings. The largest absolute Gasteiger partial charge is 0.508 e. The highest BCUT2D eigenvalue weighted by atomic mass is 32.1. The van der Waals surface area contributed by atoms with E-state index in [4.69, 9.17) is 10.8 Å². The molecule has 0 spiro atoms. The predicted octanol–water partition coefficient (Wildman–Crippen LogP) is -0.865. The van der Waals surface area contributed by atoms with Crippen molar-refractivity contribution in [3.8, 4) is 5.75 Å². The molecule has 4 heteroatoms. The number of phenols is 1. The molecule has 0 radical (unpaired) electrons. The van der Waals surface area contributed by atoms with Gasteiger partial charge in [0.25, 0.3) is 0 Å². The average molecular weight is 181 g/mol. The van der Waals surface area contributed by atoms with Gasteiger partial charge in [-0.3, -0.25) is 5.73 Å². The van der Waals surface area contributed by atoms with Crippen LogP contribution in [0.2, 0.25) is 0 Å². The van der Waals surface area contributed by atoms with Gasteiger partial charge in [0.15, 0.2) is 0 Å². The van der Waals surface area contributed by atoms with Crippen LogP contribution in [0.1, 0.15) is 5.56 Å². The smallest absolute Gasteiger partial charge is 0.339 e. The predicted molar refractivity (Wildman–Crippen MR) is 51.0 cm³/mol. The molecular formula is C8H9N2OS+. The first-order chi connectivity index (χ1) is 5.68. The molecule has 1 rings (SSSR count). The zero-order valence-electron chi connectivity index (χ0n) is 6.32. The van der Waals surface area contributed by atoms with Crippen LogP contribution in [0, 0.1) is 0 Å². The van der Waals surface area contributed by atoms with Crippen LogP contribution < -0.4 is 10.7 Å². The van der Waals surface area contributed by atoms with Crippen molar-refractivity contribution in [2.75, 3.05) is 0 Å². The summed E-state index contributed by atoms with van der Waals surface area (Å²) in [6.45, 7) is 0. The molecule has 12 heavy (non-hydrogen) atoms. The van der Waals surface area contributed by atoms with E-state index in [0.29, 0.717) is 0 Å². The third-order valence-electron chi connectivity index (χ3n) is 1.25. The van der Waals surface area contributed by atoms with Crippen LogP contribution in [0.15, 0.2) is 24.3 Å². The van der Waals surface area contributed by atoms with Gasteiger partial charge in [-0.2, -0.15) is 0 Å². The summed E-state index contributed by atoms with van der Waals surface area (Å²) in [4.78, 5) is 2.66. The Morgan fingerprint density at radius 2 is 2.33 bits per heavy atom. The van der Waals surface area contributed by atoms with Crippen LogP contribution in [0.5, 0.6) is 5.75 Å². The molecule has 0 aromatic heterocycles. The molecule has 1 aromatic rings. The lowest BCUT2D eigenvalue weighted by atomic mass is 10.2. The van der Waals surface area contributed by atoms with Crippen LogP contribution in [-0.2, 0) is 0 Å². The molecule has 0 bridgehead atoms. The summed E-state index contributed by atoms with van der Waals surface area (Å²) >= 11 is 4.60. The minimum Gasteiger partial charge on any atom is -0.508 e. The van der Waals surface area contributed by atoms with Crippen molar-refractivity contribution in [3.63, 3.8) is 0 Å². The fourth-order valence-corrected chi connectivity index (χ4v) is 0.828. The Labute approximate surface area is 75.5 Å². The van der Waals surface area contributed by atoms with Gasteiger partial charge in [0.05, 0.1) is 6.21 Å². The number of nitrogens with two attached hydrogens (primary N) is 1. The van der Waals surface area contributed by atoms with E-state index in [1.165, 1.54) is 0 Å². The maximum absolute atomic E-state index is 9.07. The second-order valence-corrected chi connectivity index (χ2v) is 2.69. The summed E-state index contributed by atoms with van der Waals surface area (Å²) in [7, 11) is 0. The third kappa shape index (κ3) is 2.67. The zero-order valence-corrected chi connectivity index (χ0v) is 7.14. The second-order valence-electron chi connectivity index (χ2n) is 2.25. The van der Waals surface area contributed by atoms with E-state index < -0.39 is 0 Å². The summed E-state index contributed by atoms with van der Waals surface area (Å²) in [5.41, 5.74) is 6.03. The van der Waals surface area contributed by atoms with Gasteiger partial charge in [-0.1, -0.05) is 12.1 Å². The minimum absolute atomic E-state index is 0.207. The Bertz CT molecular complexity index is 323. The van der Waals surface area contributed by atoms with Crippen molar-refractivity contribution in [2.45, 2.75) is 0 Å². The van der Waals surface area contributed by atoms with Gasteiger partial charge >= 0.3 is 5.11 Å². The molecular weight excluding hydrogens is 172 g/mol. The van der Waals surface area contributed by atoms with Gasteiger partial charge in [-0.05, 0) is 12.1 Å². The summed E-state index contributed by atoms with van der Waals surface area (Å²) in [6, 6.07) is 6.76. The maximum Gasteiger partial charge on any atom is 0.339 e. The van der Waals surface area contributed by atoms with E-state index in [2.05, 4.69) is 17.2 Å². The van der Waals surface area contributed by atoms with Crippen LogP contribution in [0.25, 0.3) is 0 Å². The van der Waals surface area contributed by atoms with Gasteiger partial charge in [-0.15, -0.1) is 0 Å². The SMILES string of the molecule is NC(=S)/[NH+]=C/c1cccc(O)c1. The number of nitrogens with one attached hydrogen (secondary N) is 1. The molecule has 0 aliphatic rings. The van der Waals surface area contributed by atoms with Crippen molar-refractivity contribution in [2.24, 2.45) is 5.73 Å². The standard InChI is InChI=1S/C8H8N2OS/c9-8(12)10-5-6-2-1-3-7(11)4-6/h1-5,11H,(H2,9,12)/p+1/b10-5+. The molecule has 0 heterocycles. The average Bonchev–Trinajstić information content (AvgIpc) is 2.01. The van der Waals surface area contributed by atoms with Gasteiger partial charge in [-0.25, -0.2) is 4.99 Å². The summed E-state index contributed by atoms with van der Waals surface area (Å²) < 4.78 is 0. The Hall–Kier alpha value is -1.42. The van der Waals surface area contributed by atoms with E-state index in [-0.39, 0.29) is 10.9 Å². The molecule has 0 atom stereocenters. The van der Waals surface area contributed by atoms with Gasteiger partial charge in [0.1, 0.15) is 5.75 Å². The van der Waals surface area contributed by atoms with Gasteiger partial charge in [0, 0.05) is 17.8 Å². The van der Waals surface area contributed by atoms with Crippen LogP contribution in [0.3, 0.4) is 0 Å². The van der Waals surface area contributed by atoms with Crippen molar-refractivity contribution in [1.82, 2.24) is 0 Å². The number of hydrogen-bond donors (Lipinski definition) is 3. The summed E-state index contributed by atoms with van der Waals surface area (Å²) in [6.07, 6.45) is 1.63. The Balaban J connectivity index is 2.83. The number of rotatable bonds is 1. The van der Waals surface area contributed by atoms with Crippen molar-refractivity contribution in [1.29, 1.82) is 0 Å². The first-order valence-electron chi connectivity index (χ1n) is 3.37. The minimum atomic E-state index is 0.207. The van der Waals surface area contributed by atoms with Gasteiger partial charge in [0.2, 0.25) is 0 Å². The molecule has 0 aliphatic carbocycles. The van der Waals surface area contributed by atoms with Crippen LogP contribution in [-0.4, -0.2) is 16.4 Å². The van der Waals surface area contributed by atoms with E-state index in [9.17, 15) is 0 Å². The molecule has 0 amide bonds. The Kier molecular flexibility index (Phi) is 2.76. The number of thiocarbonyl (C=S) groups is 1. The Morgan fingerprint density at radius 1 is 1.58 bits per heavy atom. The highest BCUT2D eigenvalue weighted by molar-refractivity contribution is 7.79. The summed E-state index contributed by atoms with van der Waals surface area (Å²) in [5, 5.41) is 9.27. The Morgan fingerprint density at radius 3 is 2.92 bits per heavy atom. The van der Waals surface area contributed by atoms with Crippen LogP contribution in [0.4, 0.5) is 0 Å². The topological polar surface area (TPSA) is 60.2 Å². The lowest BCUT2D eigenvalue weighted by Gasteiger charge is -1.91. The highest BCUT2D eigenvalue weighted by Crippen LogP contribution is 2.07. The maximum atomic E-state index is 9.07. The fraction of sp³-hybridized carbons (Fsp3) is 0. The van der Waals surface area contributed by atoms with Crippen molar-refractivity contribution >= 4 is 23.5 Å². The zero-order chi connectivity index (χ0) is 8.97. The first kappa shape index (κ1) is 8.67. The first-order valence-corrected chi connectivity index (χ1v) is 3.77. The number of aromatic hydroxyl groups is 1. The second kappa shape index (κ2) is 3.82. The van der Waals surface area contributed by atoms with E-state index in [1.54, 1.807) is 24.4 Å². The molecule has 4 N–H and O–H groups in total.